The summed E-state index contributed by atoms with van der Waals surface area (Å²) in [6.07, 6.45) is 2.68. The predicted molar refractivity (Wildman–Crippen MR) is 49.5 cm³/mol. The monoisotopic (exact) mass is 182 g/mol. The molecule has 0 radical (unpaired) electrons. The standard InChI is InChI=1S/C9H14N2O2/c1-4-5-13-9(2,3)6-8(12)7-11-10/h4,7H,1,5-6H2,2-3H3. The molecule has 0 heterocycles. The largest absolute Gasteiger partial charge is 0.371 e. The van der Waals surface area contributed by atoms with E-state index in [-0.39, 0.29) is 12.2 Å². The van der Waals surface area contributed by atoms with Crippen molar-refractivity contribution in [3.63, 3.8) is 0 Å². The van der Waals surface area contributed by atoms with Crippen LogP contribution in [0, 0.1) is 0 Å². The molecule has 4 heteroatoms. The van der Waals surface area contributed by atoms with Gasteiger partial charge in [0.2, 0.25) is 5.78 Å². The van der Waals surface area contributed by atoms with Crippen LogP contribution in [-0.2, 0) is 9.53 Å². The predicted octanol–water partition coefficient (Wildman–Crippen LogP) is 1.23. The van der Waals surface area contributed by atoms with Crippen LogP contribution in [0.15, 0.2) is 12.7 Å². The van der Waals surface area contributed by atoms with Crippen molar-refractivity contribution in [2.75, 3.05) is 6.61 Å². The first-order valence-corrected chi connectivity index (χ1v) is 3.97. The minimum atomic E-state index is -0.549. The van der Waals surface area contributed by atoms with Crippen molar-refractivity contribution in [2.24, 2.45) is 0 Å². The fraction of sp³-hybridized carbons (Fsp3) is 0.556. The van der Waals surface area contributed by atoms with Gasteiger partial charge >= 0.3 is 6.21 Å². The van der Waals surface area contributed by atoms with Gasteiger partial charge in [0.05, 0.1) is 12.2 Å². The molecule has 0 aromatic rings. The molecule has 0 aromatic carbocycles. The Kier molecular flexibility index (Phi) is 4.89. The molecule has 4 nitrogen and oxygen atoms in total. The highest BCUT2D eigenvalue weighted by Gasteiger charge is 2.22. The minimum absolute atomic E-state index is 0.185. The second-order valence-electron chi connectivity index (χ2n) is 3.25. The number of hydrogen-bond acceptors (Lipinski definition) is 2. The van der Waals surface area contributed by atoms with E-state index in [1.807, 2.05) is 0 Å². The molecule has 0 N–H and O–H groups in total. The van der Waals surface area contributed by atoms with Crippen LogP contribution in [-0.4, -0.2) is 29.0 Å². The van der Waals surface area contributed by atoms with Crippen LogP contribution in [0.5, 0.6) is 0 Å². The van der Waals surface area contributed by atoms with Gasteiger partial charge in [0, 0.05) is 6.42 Å². The number of Topliss-reactive ketones (excluding diaryl/α,β-unsaturated/α-hetero) is 1. The molecule has 13 heavy (non-hydrogen) atoms. The van der Waals surface area contributed by atoms with Gasteiger partial charge in [-0.1, -0.05) is 6.08 Å². The molecule has 0 unspecified atom stereocenters. The van der Waals surface area contributed by atoms with E-state index in [4.69, 9.17) is 10.3 Å². The normalized spacial score (nSPS) is 10.3. The van der Waals surface area contributed by atoms with Gasteiger partial charge in [-0.25, -0.2) is 0 Å². The van der Waals surface area contributed by atoms with E-state index >= 15 is 0 Å². The van der Waals surface area contributed by atoms with Crippen LogP contribution in [0.1, 0.15) is 20.3 Å². The van der Waals surface area contributed by atoms with Gasteiger partial charge in [0.1, 0.15) is 0 Å². The third-order valence-corrected chi connectivity index (χ3v) is 1.39. The molecular formula is C9H14N2O2. The van der Waals surface area contributed by atoms with Crippen LogP contribution in [0.25, 0.3) is 5.53 Å². The Morgan fingerprint density at radius 2 is 2.31 bits per heavy atom. The van der Waals surface area contributed by atoms with Gasteiger partial charge < -0.3 is 10.3 Å². The lowest BCUT2D eigenvalue weighted by atomic mass is 10.0. The van der Waals surface area contributed by atoms with Crippen LogP contribution in [0.4, 0.5) is 0 Å². The third-order valence-electron chi connectivity index (χ3n) is 1.39. The molecule has 0 amide bonds. The maximum absolute atomic E-state index is 11.0. The van der Waals surface area contributed by atoms with E-state index in [0.717, 1.165) is 6.21 Å². The molecule has 0 aromatic heterocycles. The van der Waals surface area contributed by atoms with Crippen molar-refractivity contribution in [1.29, 1.82) is 0 Å². The smallest absolute Gasteiger partial charge is 0.323 e. The summed E-state index contributed by atoms with van der Waals surface area (Å²) in [6.45, 7) is 7.48. The van der Waals surface area contributed by atoms with E-state index in [0.29, 0.717) is 6.61 Å². The first kappa shape index (κ1) is 11.8. The summed E-state index contributed by atoms with van der Waals surface area (Å²) >= 11 is 0. The van der Waals surface area contributed by atoms with Crippen molar-refractivity contribution in [3.05, 3.63) is 18.2 Å². The van der Waals surface area contributed by atoms with Gasteiger partial charge in [-0.05, 0) is 13.8 Å². The Morgan fingerprint density at radius 1 is 1.69 bits per heavy atom. The van der Waals surface area contributed by atoms with Crippen molar-refractivity contribution >= 4 is 12.0 Å². The fourth-order valence-electron chi connectivity index (χ4n) is 0.865. The molecule has 0 bridgehead atoms. The van der Waals surface area contributed by atoms with Crippen molar-refractivity contribution in [2.45, 2.75) is 25.9 Å². The SMILES string of the molecule is C=CCOC(C)(C)CC(=O)C=[N+]=[N-]. The van der Waals surface area contributed by atoms with Crippen LogP contribution < -0.4 is 0 Å². The van der Waals surface area contributed by atoms with Crippen molar-refractivity contribution in [3.8, 4) is 0 Å². The average Bonchev–Trinajstić information content (AvgIpc) is 2.00. The number of hydrogen-bond donors (Lipinski definition) is 0. The summed E-state index contributed by atoms with van der Waals surface area (Å²) in [5.41, 5.74) is 7.55. The number of rotatable bonds is 6. The van der Waals surface area contributed by atoms with E-state index in [1.165, 1.54) is 0 Å². The van der Waals surface area contributed by atoms with Crippen LogP contribution in [0.2, 0.25) is 0 Å². The topological polar surface area (TPSA) is 62.7 Å². The highest BCUT2D eigenvalue weighted by atomic mass is 16.5. The molecule has 0 aliphatic carbocycles. The molecule has 72 valence electrons. The van der Waals surface area contributed by atoms with Crippen LogP contribution >= 0.6 is 0 Å². The van der Waals surface area contributed by atoms with Gasteiger partial charge in [0.25, 0.3) is 0 Å². The molecule has 0 fully saturated rings. The quantitative estimate of drug-likeness (QED) is 0.268. The maximum atomic E-state index is 11.0. The first-order valence-electron chi connectivity index (χ1n) is 3.97. The van der Waals surface area contributed by atoms with Gasteiger partial charge in [-0.3, -0.25) is 4.79 Å². The number of carbonyl (C=O) groups excluding carboxylic acids is 1. The maximum Gasteiger partial charge on any atom is 0.323 e. The van der Waals surface area contributed by atoms with Crippen LogP contribution in [0.3, 0.4) is 0 Å². The van der Waals surface area contributed by atoms with Gasteiger partial charge in [-0.2, -0.15) is 4.79 Å². The molecule has 0 aliphatic heterocycles. The van der Waals surface area contributed by atoms with E-state index in [9.17, 15) is 4.79 Å². The number of carbonyl (C=O) groups is 1. The molecule has 0 spiro atoms. The van der Waals surface area contributed by atoms with E-state index < -0.39 is 5.60 Å². The summed E-state index contributed by atoms with van der Waals surface area (Å²) in [5.74, 6) is -0.267. The molecule has 0 saturated heterocycles. The third kappa shape index (κ3) is 5.96. The zero-order valence-corrected chi connectivity index (χ0v) is 7.99. The Balaban J connectivity index is 4.07. The Morgan fingerprint density at radius 3 is 2.77 bits per heavy atom. The highest BCUT2D eigenvalue weighted by Crippen LogP contribution is 2.13. The fourth-order valence-corrected chi connectivity index (χ4v) is 0.865. The average molecular weight is 182 g/mol. The highest BCUT2D eigenvalue weighted by molar-refractivity contribution is 6.25. The van der Waals surface area contributed by atoms with E-state index in [2.05, 4.69) is 11.4 Å². The summed E-state index contributed by atoms with van der Waals surface area (Å²) < 4.78 is 5.31. The zero-order valence-electron chi connectivity index (χ0n) is 7.99. The Hall–Kier alpha value is -1.25. The van der Waals surface area contributed by atoms with Crippen molar-refractivity contribution in [1.82, 2.24) is 0 Å². The zero-order chi connectivity index (χ0) is 10.3. The molecule has 0 atom stereocenters. The molecule has 0 rings (SSSR count). The van der Waals surface area contributed by atoms with E-state index in [1.54, 1.807) is 19.9 Å². The lowest BCUT2D eigenvalue weighted by Gasteiger charge is -2.22. The molecule has 0 saturated carbocycles. The summed E-state index contributed by atoms with van der Waals surface area (Å²) in [4.78, 5) is 13.7. The van der Waals surface area contributed by atoms with Crippen molar-refractivity contribution < 1.29 is 14.3 Å². The second kappa shape index (κ2) is 5.41. The number of ether oxygens (including phenoxy) is 1. The second-order valence-corrected chi connectivity index (χ2v) is 3.25. The minimum Gasteiger partial charge on any atom is -0.371 e. The first-order chi connectivity index (χ1) is 6.02. The Labute approximate surface area is 77.8 Å². The number of nitrogens with zero attached hydrogens (tertiary/aromatic N) is 2. The summed E-state index contributed by atoms with van der Waals surface area (Å²) in [7, 11) is 0. The molecular weight excluding hydrogens is 168 g/mol. The molecule has 0 aliphatic rings. The summed E-state index contributed by atoms with van der Waals surface area (Å²) in [6, 6.07) is 0. The lowest BCUT2D eigenvalue weighted by Crippen LogP contribution is -2.28. The van der Waals surface area contributed by atoms with Gasteiger partial charge in [-0.15, -0.1) is 6.58 Å². The lowest BCUT2D eigenvalue weighted by molar-refractivity contribution is -0.121. The van der Waals surface area contributed by atoms with Gasteiger partial charge in [0.15, 0.2) is 0 Å². The number of ketones is 1. The summed E-state index contributed by atoms with van der Waals surface area (Å²) in [5, 5.41) is 0. The Bertz CT molecular complexity index is 240.